The Labute approximate surface area is 126 Å². The van der Waals surface area contributed by atoms with Crippen LogP contribution in [0, 0.1) is 0 Å². The van der Waals surface area contributed by atoms with Gasteiger partial charge in [0.05, 0.1) is 22.9 Å². The van der Waals surface area contributed by atoms with Crippen molar-refractivity contribution in [2.24, 2.45) is 14.1 Å². The molecule has 2 aromatic heterocycles. The molecule has 0 spiro atoms. The molecule has 0 aromatic carbocycles. The minimum atomic E-state index is -4.58. The zero-order chi connectivity index (χ0) is 15.8. The normalized spacial score (nSPS) is 11.7. The molecule has 2 rings (SSSR count). The summed E-state index contributed by atoms with van der Waals surface area (Å²) in [7, 11) is 2.97. The molecular formula is C11H11BrF3N5O. The third-order valence-electron chi connectivity index (χ3n) is 2.83. The van der Waals surface area contributed by atoms with Gasteiger partial charge in [-0.25, -0.2) is 0 Å². The van der Waals surface area contributed by atoms with E-state index in [-0.39, 0.29) is 12.2 Å². The molecule has 114 valence electrons. The number of alkyl halides is 3. The molecule has 0 aliphatic heterocycles. The summed E-state index contributed by atoms with van der Waals surface area (Å²) in [6.07, 6.45) is -3.02. The molecule has 0 saturated heterocycles. The van der Waals surface area contributed by atoms with Gasteiger partial charge in [-0.2, -0.15) is 23.4 Å². The first kappa shape index (κ1) is 15.5. The van der Waals surface area contributed by atoms with Crippen molar-refractivity contribution in [3.05, 3.63) is 33.8 Å². The first-order valence-electron chi connectivity index (χ1n) is 5.76. The SMILES string of the molecule is Cn1nc(C(F)(F)F)cc1C(=O)NCc1c(Br)cnn1C. The van der Waals surface area contributed by atoms with Crippen molar-refractivity contribution in [1.82, 2.24) is 24.9 Å². The van der Waals surface area contributed by atoms with E-state index in [2.05, 4.69) is 31.4 Å². The predicted molar refractivity (Wildman–Crippen MR) is 70.3 cm³/mol. The fourth-order valence-corrected chi connectivity index (χ4v) is 2.20. The van der Waals surface area contributed by atoms with Crippen molar-refractivity contribution < 1.29 is 18.0 Å². The highest BCUT2D eigenvalue weighted by molar-refractivity contribution is 9.10. The topological polar surface area (TPSA) is 64.7 Å². The third kappa shape index (κ3) is 3.26. The van der Waals surface area contributed by atoms with Crippen LogP contribution in [0.4, 0.5) is 13.2 Å². The maximum atomic E-state index is 12.5. The van der Waals surface area contributed by atoms with Crippen molar-refractivity contribution in [3.63, 3.8) is 0 Å². The molecule has 1 amide bonds. The van der Waals surface area contributed by atoms with Gasteiger partial charge in [0.1, 0.15) is 5.69 Å². The third-order valence-corrected chi connectivity index (χ3v) is 3.49. The Kier molecular flexibility index (Phi) is 4.08. The van der Waals surface area contributed by atoms with Crippen LogP contribution in [0.5, 0.6) is 0 Å². The van der Waals surface area contributed by atoms with E-state index in [1.807, 2.05) is 0 Å². The molecule has 2 aromatic rings. The number of hydrogen-bond donors (Lipinski definition) is 1. The summed E-state index contributed by atoms with van der Waals surface area (Å²) >= 11 is 3.27. The van der Waals surface area contributed by atoms with Crippen molar-refractivity contribution >= 4 is 21.8 Å². The fourth-order valence-electron chi connectivity index (χ4n) is 1.71. The summed E-state index contributed by atoms with van der Waals surface area (Å²) < 4.78 is 40.8. The molecular weight excluding hydrogens is 355 g/mol. The van der Waals surface area contributed by atoms with Crippen LogP contribution in [0.2, 0.25) is 0 Å². The highest BCUT2D eigenvalue weighted by Gasteiger charge is 2.35. The summed E-state index contributed by atoms with van der Waals surface area (Å²) in [6.45, 7) is 0.127. The lowest BCUT2D eigenvalue weighted by atomic mass is 10.3. The van der Waals surface area contributed by atoms with Gasteiger partial charge in [0.2, 0.25) is 0 Å². The molecule has 6 nitrogen and oxygen atoms in total. The van der Waals surface area contributed by atoms with Crippen LogP contribution in [0.3, 0.4) is 0 Å². The monoisotopic (exact) mass is 365 g/mol. The Hall–Kier alpha value is -1.84. The average molecular weight is 366 g/mol. The number of amides is 1. The molecule has 0 atom stereocenters. The summed E-state index contributed by atoms with van der Waals surface area (Å²) in [6, 6.07) is 0.716. The maximum absolute atomic E-state index is 12.5. The summed E-state index contributed by atoms with van der Waals surface area (Å²) in [4.78, 5) is 11.9. The second kappa shape index (κ2) is 5.51. The lowest BCUT2D eigenvalue weighted by Crippen LogP contribution is -2.26. The molecule has 1 N–H and O–H groups in total. The van der Waals surface area contributed by atoms with E-state index >= 15 is 0 Å². The van der Waals surface area contributed by atoms with E-state index in [9.17, 15) is 18.0 Å². The highest BCUT2D eigenvalue weighted by atomic mass is 79.9. The Bertz CT molecular complexity index is 656. The molecule has 21 heavy (non-hydrogen) atoms. The van der Waals surface area contributed by atoms with Gasteiger partial charge in [-0.3, -0.25) is 14.2 Å². The smallest absolute Gasteiger partial charge is 0.345 e. The lowest BCUT2D eigenvalue weighted by molar-refractivity contribution is -0.141. The van der Waals surface area contributed by atoms with Crippen LogP contribution in [0.25, 0.3) is 0 Å². The molecule has 0 radical (unpaired) electrons. The van der Waals surface area contributed by atoms with Crippen LogP contribution >= 0.6 is 15.9 Å². The molecule has 0 unspecified atom stereocenters. The van der Waals surface area contributed by atoms with E-state index in [4.69, 9.17) is 0 Å². The van der Waals surface area contributed by atoms with E-state index in [0.29, 0.717) is 16.2 Å². The molecule has 2 heterocycles. The van der Waals surface area contributed by atoms with E-state index in [1.54, 1.807) is 17.9 Å². The predicted octanol–water partition coefficient (Wildman–Crippen LogP) is 1.86. The molecule has 0 aliphatic rings. The van der Waals surface area contributed by atoms with Crippen LogP contribution in [0.15, 0.2) is 16.7 Å². The van der Waals surface area contributed by atoms with Crippen LogP contribution in [0.1, 0.15) is 21.9 Å². The lowest BCUT2D eigenvalue weighted by Gasteiger charge is -2.06. The van der Waals surface area contributed by atoms with Crippen molar-refractivity contribution in [1.29, 1.82) is 0 Å². The summed E-state index contributed by atoms with van der Waals surface area (Å²) in [5.41, 5.74) is -0.570. The minimum absolute atomic E-state index is 0.127. The molecule has 0 saturated carbocycles. The number of nitrogens with one attached hydrogen (secondary N) is 1. The van der Waals surface area contributed by atoms with Gasteiger partial charge in [0.15, 0.2) is 5.69 Å². The van der Waals surface area contributed by atoms with Gasteiger partial charge in [-0.1, -0.05) is 0 Å². The van der Waals surface area contributed by atoms with Gasteiger partial charge in [0, 0.05) is 20.2 Å². The molecule has 0 fully saturated rings. The Morgan fingerprint density at radius 2 is 2.05 bits per heavy atom. The number of aryl methyl sites for hydroxylation is 2. The van der Waals surface area contributed by atoms with E-state index in [0.717, 1.165) is 4.68 Å². The van der Waals surface area contributed by atoms with Gasteiger partial charge >= 0.3 is 6.18 Å². The quantitative estimate of drug-likeness (QED) is 0.902. The first-order chi connectivity index (χ1) is 9.70. The zero-order valence-corrected chi connectivity index (χ0v) is 12.7. The van der Waals surface area contributed by atoms with Crippen LogP contribution in [-0.2, 0) is 26.8 Å². The summed E-state index contributed by atoms with van der Waals surface area (Å²) in [5.74, 6) is -0.645. The number of hydrogen-bond acceptors (Lipinski definition) is 3. The van der Waals surface area contributed by atoms with Gasteiger partial charge in [-0.15, -0.1) is 0 Å². The summed E-state index contributed by atoms with van der Waals surface area (Å²) in [5, 5.41) is 9.79. The number of aromatic nitrogens is 4. The Balaban J connectivity index is 2.13. The second-order valence-electron chi connectivity index (χ2n) is 4.28. The van der Waals surface area contributed by atoms with Crippen molar-refractivity contribution in [2.45, 2.75) is 12.7 Å². The van der Waals surface area contributed by atoms with Gasteiger partial charge in [-0.05, 0) is 15.9 Å². The number of carbonyl (C=O) groups excluding carboxylic acids is 1. The standard InChI is InChI=1S/C11H11BrF3N5O/c1-19-8(6(12)4-17-19)5-16-10(21)7-3-9(11(13,14)15)18-20(7)2/h3-4H,5H2,1-2H3,(H,16,21). The van der Waals surface area contributed by atoms with Crippen molar-refractivity contribution in [2.75, 3.05) is 0 Å². The van der Waals surface area contributed by atoms with Gasteiger partial charge in [0.25, 0.3) is 5.91 Å². The molecule has 0 aliphatic carbocycles. The van der Waals surface area contributed by atoms with Gasteiger partial charge < -0.3 is 5.32 Å². The number of halogens is 4. The maximum Gasteiger partial charge on any atom is 0.435 e. The Morgan fingerprint density at radius 3 is 2.52 bits per heavy atom. The van der Waals surface area contributed by atoms with Crippen LogP contribution < -0.4 is 5.32 Å². The van der Waals surface area contributed by atoms with Crippen molar-refractivity contribution in [3.8, 4) is 0 Å². The number of carbonyl (C=O) groups is 1. The van der Waals surface area contributed by atoms with E-state index < -0.39 is 17.8 Å². The number of rotatable bonds is 3. The fraction of sp³-hybridized carbons (Fsp3) is 0.364. The Morgan fingerprint density at radius 1 is 1.38 bits per heavy atom. The molecule has 10 heteroatoms. The second-order valence-corrected chi connectivity index (χ2v) is 5.14. The number of nitrogens with zero attached hydrogens (tertiary/aromatic N) is 4. The minimum Gasteiger partial charge on any atom is -0.345 e. The first-order valence-corrected chi connectivity index (χ1v) is 6.55. The zero-order valence-electron chi connectivity index (χ0n) is 11.1. The average Bonchev–Trinajstić information content (AvgIpc) is 2.91. The highest BCUT2D eigenvalue weighted by Crippen LogP contribution is 2.28. The molecule has 0 bridgehead atoms. The van der Waals surface area contributed by atoms with E-state index in [1.165, 1.54) is 7.05 Å². The largest absolute Gasteiger partial charge is 0.435 e. The van der Waals surface area contributed by atoms with Crippen LogP contribution in [-0.4, -0.2) is 25.5 Å².